The molecule has 0 fully saturated rings. The number of nitrogens with zero attached hydrogens (tertiary/aromatic N) is 2. The summed E-state index contributed by atoms with van der Waals surface area (Å²) in [5, 5.41) is 22.2. The second kappa shape index (κ2) is 7.17. The summed E-state index contributed by atoms with van der Waals surface area (Å²) >= 11 is 1.42. The van der Waals surface area contributed by atoms with Gasteiger partial charge in [0.2, 0.25) is 0 Å². The Morgan fingerprint density at radius 3 is 2.90 bits per heavy atom. The van der Waals surface area contributed by atoms with E-state index >= 15 is 0 Å². The van der Waals surface area contributed by atoms with Crippen molar-refractivity contribution in [3.8, 4) is 0 Å². The number of amides is 1. The number of carbonyl (C=O) groups excluding carboxylic acids is 1. The van der Waals surface area contributed by atoms with E-state index in [2.05, 4.69) is 20.9 Å². The molecular weight excluding hydrogens is 421 g/mol. The molecule has 0 bridgehead atoms. The number of halogens is 1. The first kappa shape index (κ1) is 19.2. The first-order chi connectivity index (χ1) is 14.9. The summed E-state index contributed by atoms with van der Waals surface area (Å²) in [7, 11) is 0. The van der Waals surface area contributed by atoms with Crippen molar-refractivity contribution < 1.29 is 14.1 Å². The van der Waals surface area contributed by atoms with E-state index in [9.17, 15) is 19.3 Å². The number of benzene rings is 2. The van der Waals surface area contributed by atoms with E-state index in [0.29, 0.717) is 22.8 Å². The van der Waals surface area contributed by atoms with Crippen molar-refractivity contribution in [2.45, 2.75) is 13.0 Å². The monoisotopic (exact) mass is 437 g/mol. The van der Waals surface area contributed by atoms with Gasteiger partial charge in [0.05, 0.1) is 16.1 Å². The predicted octanol–water partition coefficient (Wildman–Crippen LogP) is 4.78. The van der Waals surface area contributed by atoms with Crippen LogP contribution >= 0.6 is 11.3 Å². The van der Waals surface area contributed by atoms with Gasteiger partial charge in [-0.2, -0.15) is 0 Å². The van der Waals surface area contributed by atoms with Crippen LogP contribution in [0, 0.1) is 15.9 Å². The van der Waals surface area contributed by atoms with Gasteiger partial charge in [-0.25, -0.2) is 9.37 Å². The second-order valence-corrected chi connectivity index (χ2v) is 8.36. The van der Waals surface area contributed by atoms with Crippen LogP contribution in [0.4, 0.5) is 27.3 Å². The highest BCUT2D eigenvalue weighted by atomic mass is 32.1. The largest absolute Gasteiger partial charge is 0.381 e. The molecule has 1 atom stereocenters. The lowest BCUT2D eigenvalue weighted by molar-refractivity contribution is -0.384. The molecule has 0 aliphatic carbocycles. The maximum Gasteiger partial charge on any atom is 0.292 e. The quantitative estimate of drug-likeness (QED) is 0.314. The Labute approximate surface area is 179 Å². The zero-order chi connectivity index (χ0) is 21.7. The fraction of sp³-hybridized carbons (Fsp3) is 0.143. The SMILES string of the molecule is C[C@H]1CNc2c(sc3ccc4nc(Nc5cc(F)ccc5[N+](=O)[O-])ccc4c23)C(=O)N1. The smallest absolute Gasteiger partial charge is 0.292 e. The van der Waals surface area contributed by atoms with E-state index in [1.54, 1.807) is 6.07 Å². The third-order valence-electron chi connectivity index (χ3n) is 5.11. The normalized spacial score (nSPS) is 15.8. The minimum Gasteiger partial charge on any atom is -0.381 e. The van der Waals surface area contributed by atoms with E-state index in [1.807, 2.05) is 25.1 Å². The Morgan fingerprint density at radius 2 is 2.10 bits per heavy atom. The summed E-state index contributed by atoms with van der Waals surface area (Å²) in [4.78, 5) is 28.4. The van der Waals surface area contributed by atoms with Crippen molar-refractivity contribution in [2.24, 2.45) is 0 Å². The van der Waals surface area contributed by atoms with Crippen LogP contribution in [0.1, 0.15) is 16.6 Å². The summed E-state index contributed by atoms with van der Waals surface area (Å²) < 4.78 is 14.6. The number of fused-ring (bicyclic) bond motifs is 5. The van der Waals surface area contributed by atoms with Crippen LogP contribution in [0.5, 0.6) is 0 Å². The lowest BCUT2D eigenvalue weighted by Crippen LogP contribution is -2.34. The number of aromatic nitrogens is 1. The minimum absolute atomic E-state index is 0.00751. The van der Waals surface area contributed by atoms with E-state index in [4.69, 9.17) is 0 Å². The predicted molar refractivity (Wildman–Crippen MR) is 119 cm³/mol. The number of anilines is 3. The number of hydrogen-bond donors (Lipinski definition) is 3. The fourth-order valence-electron chi connectivity index (χ4n) is 3.70. The number of carbonyl (C=O) groups is 1. The molecule has 0 saturated heterocycles. The molecule has 156 valence electrons. The van der Waals surface area contributed by atoms with Crippen molar-refractivity contribution in [3.05, 3.63) is 63.3 Å². The summed E-state index contributed by atoms with van der Waals surface area (Å²) in [6.07, 6.45) is 0. The molecule has 2 aromatic heterocycles. The second-order valence-electron chi connectivity index (χ2n) is 7.31. The van der Waals surface area contributed by atoms with Gasteiger partial charge >= 0.3 is 0 Å². The molecule has 2 aromatic carbocycles. The zero-order valence-corrected chi connectivity index (χ0v) is 17.0. The van der Waals surface area contributed by atoms with Crippen molar-refractivity contribution in [2.75, 3.05) is 17.2 Å². The van der Waals surface area contributed by atoms with Gasteiger partial charge in [-0.15, -0.1) is 11.3 Å². The first-order valence-electron chi connectivity index (χ1n) is 9.52. The lowest BCUT2D eigenvalue weighted by Gasteiger charge is -2.11. The minimum atomic E-state index is -0.588. The number of nitro groups is 1. The molecule has 0 unspecified atom stereocenters. The average molecular weight is 437 g/mol. The third-order valence-corrected chi connectivity index (χ3v) is 6.26. The van der Waals surface area contributed by atoms with Crippen molar-refractivity contribution in [1.29, 1.82) is 0 Å². The number of rotatable bonds is 3. The van der Waals surface area contributed by atoms with E-state index in [0.717, 1.165) is 39.4 Å². The molecule has 3 heterocycles. The van der Waals surface area contributed by atoms with Gasteiger partial charge in [-0.1, -0.05) is 0 Å². The summed E-state index contributed by atoms with van der Waals surface area (Å²) in [6.45, 7) is 2.55. The van der Waals surface area contributed by atoms with Crippen LogP contribution in [0.3, 0.4) is 0 Å². The molecule has 0 radical (unpaired) electrons. The highest BCUT2D eigenvalue weighted by Gasteiger charge is 2.25. The molecule has 1 amide bonds. The molecular formula is C21H16FN5O3S. The highest BCUT2D eigenvalue weighted by molar-refractivity contribution is 7.21. The van der Waals surface area contributed by atoms with Crippen molar-refractivity contribution in [1.82, 2.24) is 10.3 Å². The highest BCUT2D eigenvalue weighted by Crippen LogP contribution is 2.41. The van der Waals surface area contributed by atoms with E-state index in [1.165, 1.54) is 11.3 Å². The first-order valence-corrected chi connectivity index (χ1v) is 10.3. The summed E-state index contributed by atoms with van der Waals surface area (Å²) in [6, 6.07) is 10.5. The van der Waals surface area contributed by atoms with Crippen LogP contribution < -0.4 is 16.0 Å². The van der Waals surface area contributed by atoms with Crippen molar-refractivity contribution in [3.63, 3.8) is 0 Å². The van der Waals surface area contributed by atoms with Gasteiger partial charge in [-0.05, 0) is 37.3 Å². The standard InChI is InChI=1S/C21H16FN5O3S/c1-10-9-23-19-18-12-3-7-17(26-14-8-11(22)2-5-15(14)27(29)30)25-13(12)4-6-16(18)31-20(19)21(28)24-10/h2-8,10,23H,9H2,1H3,(H,24,28)(H,25,26)/t10-/m0/s1. The molecule has 10 heteroatoms. The molecule has 31 heavy (non-hydrogen) atoms. The number of nitro benzene ring substituents is 1. The number of nitrogens with one attached hydrogen (secondary N) is 3. The Balaban J connectivity index is 1.61. The number of hydrogen-bond acceptors (Lipinski definition) is 7. The van der Waals surface area contributed by atoms with Gasteiger partial charge in [-0.3, -0.25) is 14.9 Å². The number of pyridine rings is 1. The average Bonchev–Trinajstić information content (AvgIpc) is 3.04. The Hall–Kier alpha value is -3.79. The van der Waals surface area contributed by atoms with E-state index < -0.39 is 10.7 Å². The zero-order valence-electron chi connectivity index (χ0n) is 16.2. The van der Waals surface area contributed by atoms with Crippen LogP contribution in [-0.2, 0) is 0 Å². The number of thiophene rings is 1. The van der Waals surface area contributed by atoms with Crippen LogP contribution in [-0.4, -0.2) is 28.4 Å². The van der Waals surface area contributed by atoms with Gasteiger partial charge in [0, 0.05) is 40.2 Å². The van der Waals surface area contributed by atoms with Crippen LogP contribution in [0.25, 0.3) is 21.0 Å². The Kier molecular flexibility index (Phi) is 4.44. The van der Waals surface area contributed by atoms with Gasteiger partial charge in [0.15, 0.2) is 0 Å². The Bertz CT molecular complexity index is 1390. The third kappa shape index (κ3) is 3.30. The molecule has 8 nitrogen and oxygen atoms in total. The van der Waals surface area contributed by atoms with Crippen molar-refractivity contribution >= 4 is 61.1 Å². The maximum absolute atomic E-state index is 13.6. The Morgan fingerprint density at radius 1 is 1.26 bits per heavy atom. The van der Waals surface area contributed by atoms with Crippen LogP contribution in [0.15, 0.2) is 42.5 Å². The van der Waals surface area contributed by atoms with Gasteiger partial charge in [0.25, 0.3) is 11.6 Å². The topological polar surface area (TPSA) is 109 Å². The molecule has 0 spiro atoms. The molecule has 3 N–H and O–H groups in total. The van der Waals surface area contributed by atoms with Gasteiger partial charge in [0.1, 0.15) is 22.2 Å². The lowest BCUT2D eigenvalue weighted by atomic mass is 10.1. The van der Waals surface area contributed by atoms with E-state index in [-0.39, 0.29) is 23.3 Å². The summed E-state index contributed by atoms with van der Waals surface area (Å²) in [5.74, 6) is -0.345. The molecule has 4 aromatic rings. The van der Waals surface area contributed by atoms with Crippen LogP contribution in [0.2, 0.25) is 0 Å². The molecule has 1 aliphatic rings. The fourth-order valence-corrected chi connectivity index (χ4v) is 4.80. The molecule has 1 aliphatic heterocycles. The molecule has 0 saturated carbocycles. The van der Waals surface area contributed by atoms with Gasteiger partial charge < -0.3 is 16.0 Å². The summed E-state index contributed by atoms with van der Waals surface area (Å²) in [5.41, 5.74) is 1.22. The molecule has 5 rings (SSSR count). The maximum atomic E-state index is 13.6.